The molecule has 0 spiro atoms. The fourth-order valence-electron chi connectivity index (χ4n) is 2.28. The molecule has 0 bridgehead atoms. The molecule has 0 aliphatic carbocycles. The van der Waals surface area contributed by atoms with E-state index >= 15 is 0 Å². The van der Waals surface area contributed by atoms with Gasteiger partial charge in [0, 0.05) is 0 Å². The molecule has 92 valence electrons. The van der Waals surface area contributed by atoms with E-state index in [4.69, 9.17) is 4.74 Å². The van der Waals surface area contributed by atoms with Crippen molar-refractivity contribution in [1.29, 1.82) is 0 Å². The highest BCUT2D eigenvalue weighted by atomic mass is 16.6. The summed E-state index contributed by atoms with van der Waals surface area (Å²) in [5.41, 5.74) is 0. The van der Waals surface area contributed by atoms with Crippen LogP contribution >= 0.6 is 0 Å². The molecule has 4 atom stereocenters. The van der Waals surface area contributed by atoms with E-state index in [1.165, 1.54) is 19.3 Å². The summed E-state index contributed by atoms with van der Waals surface area (Å²) in [6.07, 6.45) is 13.3. The van der Waals surface area contributed by atoms with Crippen molar-refractivity contribution >= 4 is 0 Å². The molecule has 0 saturated carbocycles. The van der Waals surface area contributed by atoms with Crippen LogP contribution in [0.15, 0.2) is 24.3 Å². The molecule has 0 aromatic carbocycles. The van der Waals surface area contributed by atoms with Gasteiger partial charge in [0.1, 0.15) is 0 Å². The first-order valence-corrected chi connectivity index (χ1v) is 6.64. The van der Waals surface area contributed by atoms with Crippen molar-refractivity contribution < 1.29 is 4.74 Å². The first-order chi connectivity index (χ1) is 7.69. The molecule has 1 aliphatic rings. The van der Waals surface area contributed by atoms with E-state index in [2.05, 4.69) is 45.1 Å². The molecule has 0 aromatic heterocycles. The van der Waals surface area contributed by atoms with Gasteiger partial charge in [-0.25, -0.2) is 0 Å². The van der Waals surface area contributed by atoms with Crippen LogP contribution in [0, 0.1) is 11.8 Å². The van der Waals surface area contributed by atoms with Crippen LogP contribution in [-0.2, 0) is 4.74 Å². The standard InChI is InChI=1S/C15H26O/c1-5-7-8-10-12(3)11-14-15(16-14)13(4)9-6-2/h5,7-8,10,12-15H,6,9,11H2,1-4H3/b7-5-,10-8+/t12?,13-,14-,15-/m1/s1. The molecule has 1 saturated heterocycles. The molecule has 0 aromatic rings. The average Bonchev–Trinajstić information content (AvgIpc) is 2.98. The normalized spacial score (nSPS) is 28.8. The fourth-order valence-corrected chi connectivity index (χ4v) is 2.28. The lowest BCUT2D eigenvalue weighted by Gasteiger charge is -2.06. The molecule has 1 unspecified atom stereocenters. The van der Waals surface area contributed by atoms with Gasteiger partial charge in [-0.3, -0.25) is 0 Å². The van der Waals surface area contributed by atoms with Gasteiger partial charge in [0.25, 0.3) is 0 Å². The van der Waals surface area contributed by atoms with Gasteiger partial charge in [-0.1, -0.05) is 51.5 Å². The van der Waals surface area contributed by atoms with E-state index in [9.17, 15) is 0 Å². The van der Waals surface area contributed by atoms with Crippen LogP contribution < -0.4 is 0 Å². The van der Waals surface area contributed by atoms with Crippen molar-refractivity contribution in [2.24, 2.45) is 11.8 Å². The SMILES string of the molecule is C/C=C\C=C\C(C)C[C@H]1O[C@@H]1[C@H](C)CCC. The Labute approximate surface area is 101 Å². The minimum Gasteiger partial charge on any atom is -0.369 e. The monoisotopic (exact) mass is 222 g/mol. The summed E-state index contributed by atoms with van der Waals surface area (Å²) in [6.45, 7) is 8.87. The van der Waals surface area contributed by atoms with Crippen LogP contribution in [0.3, 0.4) is 0 Å². The molecule has 1 heterocycles. The Balaban J connectivity index is 2.20. The second-order valence-corrected chi connectivity index (χ2v) is 5.03. The highest BCUT2D eigenvalue weighted by molar-refractivity contribution is 5.04. The molecule has 0 radical (unpaired) electrons. The van der Waals surface area contributed by atoms with E-state index < -0.39 is 0 Å². The van der Waals surface area contributed by atoms with Crippen molar-refractivity contribution in [3.05, 3.63) is 24.3 Å². The molecule has 0 N–H and O–H groups in total. The maximum absolute atomic E-state index is 5.76. The van der Waals surface area contributed by atoms with Gasteiger partial charge in [0.15, 0.2) is 0 Å². The van der Waals surface area contributed by atoms with Crippen LogP contribution in [0.4, 0.5) is 0 Å². The highest BCUT2D eigenvalue weighted by Crippen LogP contribution is 2.36. The molecule has 1 rings (SSSR count). The third-order valence-electron chi connectivity index (χ3n) is 3.27. The largest absolute Gasteiger partial charge is 0.369 e. The minimum atomic E-state index is 0.520. The topological polar surface area (TPSA) is 12.5 Å². The summed E-state index contributed by atoms with van der Waals surface area (Å²) in [6, 6.07) is 0. The average molecular weight is 222 g/mol. The van der Waals surface area contributed by atoms with Gasteiger partial charge in [-0.2, -0.15) is 0 Å². The molecule has 1 aliphatic heterocycles. The second kappa shape index (κ2) is 6.90. The smallest absolute Gasteiger partial charge is 0.0867 e. The number of epoxide rings is 1. The Kier molecular flexibility index (Phi) is 5.83. The Hall–Kier alpha value is -0.560. The molecule has 1 nitrogen and oxygen atoms in total. The van der Waals surface area contributed by atoms with E-state index in [1.807, 2.05) is 6.92 Å². The zero-order valence-electron chi connectivity index (χ0n) is 11.1. The van der Waals surface area contributed by atoms with Gasteiger partial charge in [-0.15, -0.1) is 0 Å². The summed E-state index contributed by atoms with van der Waals surface area (Å²) in [4.78, 5) is 0. The number of rotatable bonds is 7. The predicted octanol–water partition coefficient (Wildman–Crippen LogP) is 4.35. The summed E-state index contributed by atoms with van der Waals surface area (Å²) in [5, 5.41) is 0. The first kappa shape index (κ1) is 13.5. The first-order valence-electron chi connectivity index (χ1n) is 6.64. The Morgan fingerprint density at radius 3 is 2.62 bits per heavy atom. The summed E-state index contributed by atoms with van der Waals surface area (Å²) in [5.74, 6) is 1.36. The third kappa shape index (κ3) is 4.52. The van der Waals surface area contributed by atoms with Crippen molar-refractivity contribution in [3.63, 3.8) is 0 Å². The van der Waals surface area contributed by atoms with Crippen molar-refractivity contribution in [1.82, 2.24) is 0 Å². The maximum atomic E-state index is 5.76. The number of hydrogen-bond donors (Lipinski definition) is 0. The third-order valence-corrected chi connectivity index (χ3v) is 3.27. The lowest BCUT2D eigenvalue weighted by molar-refractivity contribution is 0.309. The molecule has 16 heavy (non-hydrogen) atoms. The Bertz CT molecular complexity index is 242. The molecular weight excluding hydrogens is 196 g/mol. The number of ether oxygens (including phenoxy) is 1. The lowest BCUT2D eigenvalue weighted by atomic mass is 9.95. The Morgan fingerprint density at radius 2 is 2.00 bits per heavy atom. The van der Waals surface area contributed by atoms with Gasteiger partial charge < -0.3 is 4.74 Å². The van der Waals surface area contributed by atoms with Gasteiger partial charge in [0.05, 0.1) is 12.2 Å². The predicted molar refractivity (Wildman–Crippen MR) is 70.5 cm³/mol. The number of allylic oxidation sites excluding steroid dienone is 4. The zero-order chi connectivity index (χ0) is 12.0. The summed E-state index contributed by atoms with van der Waals surface area (Å²) < 4.78 is 5.76. The van der Waals surface area contributed by atoms with Crippen LogP contribution in [0.25, 0.3) is 0 Å². The van der Waals surface area contributed by atoms with Crippen LogP contribution in [0.5, 0.6) is 0 Å². The van der Waals surface area contributed by atoms with E-state index in [0.717, 1.165) is 5.92 Å². The van der Waals surface area contributed by atoms with Gasteiger partial charge in [0.2, 0.25) is 0 Å². The van der Waals surface area contributed by atoms with Gasteiger partial charge in [-0.05, 0) is 31.6 Å². The van der Waals surface area contributed by atoms with E-state index in [0.29, 0.717) is 18.1 Å². The Morgan fingerprint density at radius 1 is 1.25 bits per heavy atom. The molecular formula is C15H26O. The van der Waals surface area contributed by atoms with Crippen LogP contribution in [-0.4, -0.2) is 12.2 Å². The summed E-state index contributed by atoms with van der Waals surface area (Å²) >= 11 is 0. The quantitative estimate of drug-likeness (QED) is 0.461. The van der Waals surface area contributed by atoms with Crippen LogP contribution in [0.2, 0.25) is 0 Å². The van der Waals surface area contributed by atoms with Crippen LogP contribution in [0.1, 0.15) is 47.0 Å². The van der Waals surface area contributed by atoms with Crippen molar-refractivity contribution in [2.45, 2.75) is 59.2 Å². The molecule has 1 fully saturated rings. The van der Waals surface area contributed by atoms with E-state index in [-0.39, 0.29) is 0 Å². The van der Waals surface area contributed by atoms with Crippen molar-refractivity contribution in [2.75, 3.05) is 0 Å². The maximum Gasteiger partial charge on any atom is 0.0867 e. The zero-order valence-corrected chi connectivity index (χ0v) is 11.1. The fraction of sp³-hybridized carbons (Fsp3) is 0.733. The highest BCUT2D eigenvalue weighted by Gasteiger charge is 2.42. The van der Waals surface area contributed by atoms with Crippen molar-refractivity contribution in [3.8, 4) is 0 Å². The molecule has 0 amide bonds. The van der Waals surface area contributed by atoms with Gasteiger partial charge >= 0.3 is 0 Å². The lowest BCUT2D eigenvalue weighted by Crippen LogP contribution is -2.08. The second-order valence-electron chi connectivity index (χ2n) is 5.03. The minimum absolute atomic E-state index is 0.520. The number of hydrogen-bond acceptors (Lipinski definition) is 1. The summed E-state index contributed by atoms with van der Waals surface area (Å²) in [7, 11) is 0. The molecule has 1 heteroatoms. The van der Waals surface area contributed by atoms with E-state index in [1.54, 1.807) is 0 Å².